The number of carbonyl (C=O) groups excluding carboxylic acids is 1. The lowest BCUT2D eigenvalue weighted by atomic mass is 9.68. The van der Waals surface area contributed by atoms with Gasteiger partial charge in [-0.15, -0.1) is 0 Å². The molecule has 0 spiro atoms. The van der Waals surface area contributed by atoms with E-state index in [0.717, 1.165) is 12.8 Å². The number of rotatable bonds is 3. The number of halogens is 1. The Balaban J connectivity index is 1.90. The molecule has 1 aromatic rings. The molecule has 2 rings (SSSR count). The summed E-state index contributed by atoms with van der Waals surface area (Å²) < 4.78 is 0. The first kappa shape index (κ1) is 17.2. The first-order chi connectivity index (χ1) is 10.2. The molecule has 0 saturated heterocycles. The molecule has 122 valence electrons. The maximum Gasteiger partial charge on any atom is 0.271 e. The van der Waals surface area contributed by atoms with Crippen LogP contribution < -0.4 is 5.32 Å². The minimum Gasteiger partial charge on any atom is -0.388 e. The smallest absolute Gasteiger partial charge is 0.271 e. The highest BCUT2D eigenvalue weighted by molar-refractivity contribution is 6.33. The largest absolute Gasteiger partial charge is 0.388 e. The van der Waals surface area contributed by atoms with Gasteiger partial charge in [0.2, 0.25) is 0 Å². The van der Waals surface area contributed by atoms with Crippen LogP contribution >= 0.6 is 11.6 Å². The molecule has 1 amide bonds. The molecule has 1 aliphatic rings. The van der Waals surface area contributed by atoms with E-state index in [4.69, 9.17) is 11.6 Å². The molecule has 0 atom stereocenters. The maximum absolute atomic E-state index is 12.1. The Kier molecular flexibility index (Phi) is 5.07. The van der Waals surface area contributed by atoms with Gasteiger partial charge in [0.15, 0.2) is 0 Å². The third kappa shape index (κ3) is 4.17. The van der Waals surface area contributed by atoms with E-state index < -0.39 is 5.60 Å². The van der Waals surface area contributed by atoms with Gasteiger partial charge in [0, 0.05) is 12.7 Å². The molecule has 0 aromatic carbocycles. The molecule has 0 unspecified atom stereocenters. The quantitative estimate of drug-likeness (QED) is 0.896. The molecule has 0 aliphatic heterocycles. The van der Waals surface area contributed by atoms with Crippen LogP contribution in [0.2, 0.25) is 5.02 Å². The fraction of sp³-hybridized carbons (Fsp3) is 0.688. The lowest BCUT2D eigenvalue weighted by molar-refractivity contribution is -0.0228. The third-order valence-electron chi connectivity index (χ3n) is 4.60. The van der Waals surface area contributed by atoms with Gasteiger partial charge in [-0.2, -0.15) is 0 Å². The Morgan fingerprint density at radius 1 is 1.45 bits per heavy atom. The molecular weight excluding hydrogens is 302 g/mol. The van der Waals surface area contributed by atoms with Crippen LogP contribution in [0.4, 0.5) is 0 Å². The van der Waals surface area contributed by atoms with Crippen molar-refractivity contribution in [3.63, 3.8) is 0 Å². The molecular formula is C16H24ClN3O2. The lowest BCUT2D eigenvalue weighted by Gasteiger charge is -2.41. The van der Waals surface area contributed by atoms with Gasteiger partial charge in [0.05, 0.1) is 10.6 Å². The monoisotopic (exact) mass is 325 g/mol. The van der Waals surface area contributed by atoms with E-state index in [9.17, 15) is 9.90 Å². The molecule has 0 bridgehead atoms. The van der Waals surface area contributed by atoms with Crippen molar-refractivity contribution in [3.8, 4) is 0 Å². The van der Waals surface area contributed by atoms with E-state index in [-0.39, 0.29) is 28.6 Å². The number of nitrogens with zero attached hydrogens (tertiary/aromatic N) is 2. The van der Waals surface area contributed by atoms with Crippen molar-refractivity contribution in [2.75, 3.05) is 6.54 Å². The molecule has 0 radical (unpaired) electrons. The summed E-state index contributed by atoms with van der Waals surface area (Å²) in [5.41, 5.74) is -0.431. The molecule has 5 nitrogen and oxygen atoms in total. The van der Waals surface area contributed by atoms with E-state index >= 15 is 0 Å². The second-order valence-electron chi connectivity index (χ2n) is 7.27. The molecule has 1 aromatic heterocycles. The average Bonchev–Trinajstić information content (AvgIpc) is 2.45. The van der Waals surface area contributed by atoms with E-state index in [1.807, 2.05) is 0 Å². The molecule has 6 heteroatoms. The van der Waals surface area contributed by atoms with Gasteiger partial charge in [-0.25, -0.2) is 9.97 Å². The van der Waals surface area contributed by atoms with Crippen molar-refractivity contribution in [1.29, 1.82) is 0 Å². The van der Waals surface area contributed by atoms with Crippen molar-refractivity contribution in [1.82, 2.24) is 15.3 Å². The summed E-state index contributed by atoms with van der Waals surface area (Å²) in [6.07, 6.45) is 6.02. The minimum atomic E-state index is -0.836. The minimum absolute atomic E-state index is 0.142. The molecule has 1 aliphatic carbocycles. The van der Waals surface area contributed by atoms with Crippen molar-refractivity contribution in [2.24, 2.45) is 11.3 Å². The van der Waals surface area contributed by atoms with Gasteiger partial charge >= 0.3 is 0 Å². The van der Waals surface area contributed by atoms with Gasteiger partial charge < -0.3 is 10.4 Å². The average molecular weight is 326 g/mol. The highest BCUT2D eigenvalue weighted by Crippen LogP contribution is 2.41. The van der Waals surface area contributed by atoms with Crippen LogP contribution in [0, 0.1) is 11.3 Å². The predicted molar refractivity (Wildman–Crippen MR) is 85.7 cm³/mol. The zero-order valence-corrected chi connectivity index (χ0v) is 14.2. The second kappa shape index (κ2) is 6.50. The standard InChI is InChI=1S/C16H24ClN3O2/c1-15(2,3)11-4-6-16(22,7-5-11)9-19-14(21)13-12(17)8-18-10-20-13/h8,10-11,22H,4-7,9H2,1-3H3,(H,19,21). The highest BCUT2D eigenvalue weighted by atomic mass is 35.5. The van der Waals surface area contributed by atoms with Crippen LogP contribution in [0.25, 0.3) is 0 Å². The van der Waals surface area contributed by atoms with Crippen molar-refractivity contribution >= 4 is 17.5 Å². The normalized spacial score (nSPS) is 25.8. The van der Waals surface area contributed by atoms with E-state index in [0.29, 0.717) is 18.8 Å². The van der Waals surface area contributed by atoms with Crippen molar-refractivity contribution < 1.29 is 9.90 Å². The van der Waals surface area contributed by atoms with Gasteiger partial charge in [-0.3, -0.25) is 4.79 Å². The van der Waals surface area contributed by atoms with Crippen LogP contribution in [-0.4, -0.2) is 33.1 Å². The fourth-order valence-corrected chi connectivity index (χ4v) is 3.20. The number of aliphatic hydroxyl groups is 1. The summed E-state index contributed by atoms with van der Waals surface area (Å²) in [4.78, 5) is 19.7. The molecule has 1 fully saturated rings. The fourth-order valence-electron chi connectivity index (χ4n) is 3.01. The van der Waals surface area contributed by atoms with Crippen LogP contribution in [-0.2, 0) is 0 Å². The van der Waals surface area contributed by atoms with Gasteiger partial charge in [-0.1, -0.05) is 32.4 Å². The number of hydrogen-bond donors (Lipinski definition) is 2. The Morgan fingerprint density at radius 3 is 2.64 bits per heavy atom. The number of hydrogen-bond acceptors (Lipinski definition) is 4. The summed E-state index contributed by atoms with van der Waals surface area (Å²) >= 11 is 5.90. The van der Waals surface area contributed by atoms with Gasteiger partial charge in [0.1, 0.15) is 12.0 Å². The Morgan fingerprint density at radius 2 is 2.09 bits per heavy atom. The molecule has 2 N–H and O–H groups in total. The van der Waals surface area contributed by atoms with E-state index in [1.54, 1.807) is 0 Å². The zero-order valence-electron chi connectivity index (χ0n) is 13.4. The predicted octanol–water partition coefficient (Wildman–Crippen LogP) is 2.83. The summed E-state index contributed by atoms with van der Waals surface area (Å²) in [6, 6.07) is 0. The second-order valence-corrected chi connectivity index (χ2v) is 7.67. The van der Waals surface area contributed by atoms with Crippen molar-refractivity contribution in [3.05, 3.63) is 23.2 Å². The summed E-state index contributed by atoms with van der Waals surface area (Å²) in [6.45, 7) is 6.94. The third-order valence-corrected chi connectivity index (χ3v) is 4.88. The number of amides is 1. The molecule has 1 heterocycles. The molecule has 1 saturated carbocycles. The van der Waals surface area contributed by atoms with Crippen LogP contribution in [0.5, 0.6) is 0 Å². The number of aromatic nitrogens is 2. The van der Waals surface area contributed by atoms with E-state index in [2.05, 4.69) is 36.1 Å². The van der Waals surface area contributed by atoms with E-state index in [1.165, 1.54) is 12.5 Å². The summed E-state index contributed by atoms with van der Waals surface area (Å²) in [7, 11) is 0. The molecule has 22 heavy (non-hydrogen) atoms. The van der Waals surface area contributed by atoms with Crippen molar-refractivity contribution in [2.45, 2.75) is 52.1 Å². The van der Waals surface area contributed by atoms with Crippen LogP contribution in [0.1, 0.15) is 56.9 Å². The Bertz CT molecular complexity index is 534. The van der Waals surface area contributed by atoms with Crippen LogP contribution in [0.3, 0.4) is 0 Å². The number of nitrogens with one attached hydrogen (secondary N) is 1. The first-order valence-corrected chi connectivity index (χ1v) is 8.05. The SMILES string of the molecule is CC(C)(C)C1CCC(O)(CNC(=O)c2ncncc2Cl)CC1. The lowest BCUT2D eigenvalue weighted by Crippen LogP contribution is -2.46. The Hall–Kier alpha value is -1.20. The maximum atomic E-state index is 12.1. The van der Waals surface area contributed by atoms with Crippen LogP contribution in [0.15, 0.2) is 12.5 Å². The number of carbonyl (C=O) groups is 1. The summed E-state index contributed by atoms with van der Waals surface area (Å²) in [5.74, 6) is 0.235. The Labute approximate surface area is 136 Å². The van der Waals surface area contributed by atoms with Gasteiger partial charge in [0.25, 0.3) is 5.91 Å². The summed E-state index contributed by atoms with van der Waals surface area (Å²) in [5, 5.41) is 13.6. The van der Waals surface area contributed by atoms with Gasteiger partial charge in [-0.05, 0) is 37.0 Å². The zero-order chi connectivity index (χ0) is 16.4. The first-order valence-electron chi connectivity index (χ1n) is 7.67. The highest BCUT2D eigenvalue weighted by Gasteiger charge is 2.37. The topological polar surface area (TPSA) is 75.1 Å².